The third-order valence-corrected chi connectivity index (χ3v) is 4.02. The van der Waals surface area contributed by atoms with Gasteiger partial charge in [-0.2, -0.15) is 0 Å². The van der Waals surface area contributed by atoms with Crippen molar-refractivity contribution in [1.82, 2.24) is 5.32 Å². The summed E-state index contributed by atoms with van der Waals surface area (Å²) in [5.74, 6) is 0.578. The van der Waals surface area contributed by atoms with Gasteiger partial charge in [-0.05, 0) is 18.5 Å². The number of β-lactam (4-membered cyclic amide) rings is 1. The molecule has 2 fully saturated rings. The van der Waals surface area contributed by atoms with Crippen LogP contribution >= 0.6 is 9.24 Å². The van der Waals surface area contributed by atoms with Crippen LogP contribution in [0.15, 0.2) is 0 Å². The Morgan fingerprint density at radius 1 is 1.40 bits per heavy atom. The molecule has 4 heteroatoms. The van der Waals surface area contributed by atoms with Gasteiger partial charge in [0.15, 0.2) is 0 Å². The van der Waals surface area contributed by atoms with E-state index in [1.165, 1.54) is 0 Å². The summed E-state index contributed by atoms with van der Waals surface area (Å²) in [6, 6.07) is 0.109. The van der Waals surface area contributed by atoms with Crippen LogP contribution in [0.2, 0.25) is 0 Å². The van der Waals surface area contributed by atoms with Crippen molar-refractivity contribution < 1.29 is 9.59 Å². The highest BCUT2D eigenvalue weighted by molar-refractivity contribution is 7.17. The van der Waals surface area contributed by atoms with E-state index in [0.29, 0.717) is 12.2 Å². The van der Waals surface area contributed by atoms with Crippen LogP contribution in [0, 0.1) is 11.8 Å². The molecular weight excluding hydrogens is 209 g/mol. The highest BCUT2D eigenvalue weighted by atomic mass is 31.0. The van der Waals surface area contributed by atoms with E-state index in [2.05, 4.69) is 14.6 Å². The number of carbonyl (C=O) groups excluding carboxylic acids is 2. The Morgan fingerprint density at radius 2 is 2.13 bits per heavy atom. The van der Waals surface area contributed by atoms with Crippen molar-refractivity contribution in [3.63, 3.8) is 0 Å². The summed E-state index contributed by atoms with van der Waals surface area (Å²) in [6.07, 6.45) is 3.81. The van der Waals surface area contributed by atoms with Gasteiger partial charge in [-0.1, -0.05) is 13.3 Å². The van der Waals surface area contributed by atoms with Gasteiger partial charge in [-0.3, -0.25) is 9.59 Å². The Balaban J connectivity index is 2.04. The molecule has 2 rings (SSSR count). The largest absolute Gasteiger partial charge is 0.351 e. The predicted octanol–water partition coefficient (Wildman–Crippen LogP) is 1.12. The molecule has 1 N–H and O–H groups in total. The zero-order valence-corrected chi connectivity index (χ0v) is 10.2. The molecule has 1 aliphatic carbocycles. The monoisotopic (exact) mass is 227 g/mol. The van der Waals surface area contributed by atoms with Crippen LogP contribution in [0.5, 0.6) is 0 Å². The highest BCUT2D eigenvalue weighted by Gasteiger charge is 2.47. The third kappa shape index (κ3) is 1.94. The van der Waals surface area contributed by atoms with E-state index in [1.54, 1.807) is 0 Å². The lowest BCUT2D eigenvalue weighted by Gasteiger charge is -2.44. The van der Waals surface area contributed by atoms with Gasteiger partial charge < -0.3 is 5.32 Å². The number of nitrogens with one attached hydrogen (secondary N) is 1. The van der Waals surface area contributed by atoms with Gasteiger partial charge in [0.1, 0.15) is 5.78 Å². The summed E-state index contributed by atoms with van der Waals surface area (Å²) in [5.41, 5.74) is 0.262. The van der Waals surface area contributed by atoms with E-state index in [1.807, 2.05) is 6.92 Å². The van der Waals surface area contributed by atoms with E-state index in [-0.39, 0.29) is 29.4 Å². The van der Waals surface area contributed by atoms with Crippen molar-refractivity contribution >= 4 is 20.9 Å². The number of Topliss-reactive ketones (excluding diaryl/α,β-unsaturated/α-hetero) is 1. The molecule has 84 valence electrons. The average molecular weight is 227 g/mol. The molecule has 0 aromatic carbocycles. The van der Waals surface area contributed by atoms with Crippen molar-refractivity contribution in [3.05, 3.63) is 0 Å². The first-order valence-electron chi connectivity index (χ1n) is 5.70. The van der Waals surface area contributed by atoms with Crippen LogP contribution < -0.4 is 5.32 Å². The average Bonchev–Trinajstić information content (AvgIpc) is 2.14. The van der Waals surface area contributed by atoms with Gasteiger partial charge in [-0.25, -0.2) is 0 Å². The predicted molar refractivity (Wildman–Crippen MR) is 61.6 cm³/mol. The third-order valence-electron chi connectivity index (χ3n) is 3.60. The fraction of sp³-hybridized carbons (Fsp3) is 0.818. The maximum atomic E-state index is 11.7. The number of ketones is 1. The fourth-order valence-corrected chi connectivity index (χ4v) is 3.14. The molecule has 5 atom stereocenters. The number of hydrogen-bond acceptors (Lipinski definition) is 2. The zero-order chi connectivity index (χ0) is 11.0. The van der Waals surface area contributed by atoms with Gasteiger partial charge >= 0.3 is 0 Å². The lowest BCUT2D eigenvalue weighted by atomic mass is 9.72. The van der Waals surface area contributed by atoms with E-state index < -0.39 is 0 Å². The number of rotatable bonds is 2. The summed E-state index contributed by atoms with van der Waals surface area (Å²) in [4.78, 5) is 23.1. The molecule has 0 aromatic rings. The van der Waals surface area contributed by atoms with Crippen molar-refractivity contribution in [2.75, 3.05) is 0 Å². The summed E-state index contributed by atoms with van der Waals surface area (Å²) in [6.45, 7) is 2.02. The van der Waals surface area contributed by atoms with Gasteiger partial charge in [0, 0.05) is 12.3 Å². The van der Waals surface area contributed by atoms with Crippen molar-refractivity contribution in [2.24, 2.45) is 11.8 Å². The molecule has 1 aliphatic heterocycles. The number of carbonyl (C=O) groups is 2. The van der Waals surface area contributed by atoms with E-state index >= 15 is 0 Å². The SMILES string of the molecule is C[C@H](P)C1C(=O)NC1C1CCCCC1=O. The van der Waals surface area contributed by atoms with Crippen LogP contribution in [0.3, 0.4) is 0 Å². The van der Waals surface area contributed by atoms with E-state index in [9.17, 15) is 9.59 Å². The van der Waals surface area contributed by atoms with E-state index in [0.717, 1.165) is 19.3 Å². The standard InChI is InChI=1S/C11H18NO2P/c1-6(15)9-10(12-11(9)14)7-4-2-3-5-8(7)13/h6-7,9-10H,2-5,15H2,1H3,(H,12,14)/t6-,7?,9?,10?/m0/s1. The maximum Gasteiger partial charge on any atom is 0.226 e. The molecular formula is C11H18NO2P. The molecule has 1 heterocycles. The highest BCUT2D eigenvalue weighted by Crippen LogP contribution is 2.34. The Labute approximate surface area is 92.6 Å². The zero-order valence-electron chi connectivity index (χ0n) is 9.03. The molecule has 1 saturated carbocycles. The minimum absolute atomic E-state index is 0.0297. The van der Waals surface area contributed by atoms with Crippen LogP contribution in [-0.4, -0.2) is 23.4 Å². The molecule has 0 radical (unpaired) electrons. The molecule has 1 amide bonds. The quantitative estimate of drug-likeness (QED) is 0.567. The minimum atomic E-state index is 0.0297. The Kier molecular flexibility index (Phi) is 3.11. The molecule has 0 bridgehead atoms. The fourth-order valence-electron chi connectivity index (χ4n) is 2.72. The molecule has 3 nitrogen and oxygen atoms in total. The number of hydrogen-bond donors (Lipinski definition) is 1. The van der Waals surface area contributed by atoms with Crippen LogP contribution in [0.4, 0.5) is 0 Å². The van der Waals surface area contributed by atoms with Crippen LogP contribution in [0.25, 0.3) is 0 Å². The normalized spacial score (nSPS) is 38.1. The second-order valence-corrected chi connectivity index (χ2v) is 5.79. The molecule has 4 unspecified atom stereocenters. The molecule has 1 saturated heterocycles. The van der Waals surface area contributed by atoms with Gasteiger partial charge in [0.25, 0.3) is 0 Å². The Bertz CT molecular complexity index is 290. The second-order valence-electron chi connectivity index (χ2n) is 4.74. The second kappa shape index (κ2) is 4.21. The van der Waals surface area contributed by atoms with Crippen LogP contribution in [0.1, 0.15) is 32.6 Å². The molecule has 0 aromatic heterocycles. The lowest BCUT2D eigenvalue weighted by molar-refractivity contribution is -0.140. The van der Waals surface area contributed by atoms with E-state index in [4.69, 9.17) is 0 Å². The first-order valence-corrected chi connectivity index (χ1v) is 6.36. The lowest BCUT2D eigenvalue weighted by Crippen LogP contribution is -2.65. The van der Waals surface area contributed by atoms with Crippen molar-refractivity contribution in [3.8, 4) is 0 Å². The summed E-state index contributed by atoms with van der Waals surface area (Å²) < 4.78 is 0. The molecule has 0 spiro atoms. The summed E-state index contributed by atoms with van der Waals surface area (Å²) >= 11 is 0. The van der Waals surface area contributed by atoms with Crippen molar-refractivity contribution in [2.45, 2.75) is 44.3 Å². The van der Waals surface area contributed by atoms with Gasteiger partial charge in [0.05, 0.1) is 12.0 Å². The smallest absolute Gasteiger partial charge is 0.226 e. The van der Waals surface area contributed by atoms with Crippen molar-refractivity contribution in [1.29, 1.82) is 0 Å². The minimum Gasteiger partial charge on any atom is -0.351 e. The Hall–Kier alpha value is -0.430. The molecule has 2 aliphatic rings. The number of amides is 1. The summed E-state index contributed by atoms with van der Waals surface area (Å²) in [7, 11) is 2.68. The summed E-state index contributed by atoms with van der Waals surface area (Å²) in [5, 5.41) is 2.90. The first-order chi connectivity index (χ1) is 7.11. The maximum absolute atomic E-state index is 11.7. The van der Waals surface area contributed by atoms with Gasteiger partial charge in [0.2, 0.25) is 5.91 Å². The Morgan fingerprint density at radius 3 is 2.67 bits per heavy atom. The van der Waals surface area contributed by atoms with Gasteiger partial charge in [-0.15, -0.1) is 9.24 Å². The molecule has 15 heavy (non-hydrogen) atoms. The first kappa shape index (κ1) is 11.1. The topological polar surface area (TPSA) is 46.2 Å². The van der Waals surface area contributed by atoms with Crippen LogP contribution in [-0.2, 0) is 9.59 Å².